The summed E-state index contributed by atoms with van der Waals surface area (Å²) in [7, 11) is 0. The van der Waals surface area contributed by atoms with E-state index < -0.39 is 0 Å². The van der Waals surface area contributed by atoms with Gasteiger partial charge in [0.15, 0.2) is 0 Å². The molecule has 0 saturated heterocycles. The van der Waals surface area contributed by atoms with Crippen LogP contribution in [0.3, 0.4) is 0 Å². The van der Waals surface area contributed by atoms with E-state index in [9.17, 15) is 0 Å². The van der Waals surface area contributed by atoms with Gasteiger partial charge >= 0.3 is 0 Å². The molecule has 0 unspecified atom stereocenters. The second-order valence-corrected chi connectivity index (χ2v) is 9.27. The summed E-state index contributed by atoms with van der Waals surface area (Å²) < 4.78 is 0. The van der Waals surface area contributed by atoms with Gasteiger partial charge in [0.2, 0.25) is 0 Å². The Balaban J connectivity index is 0.000000316. The van der Waals surface area contributed by atoms with Crippen molar-refractivity contribution < 1.29 is 0 Å². The molecule has 1 heterocycles. The molecule has 0 aliphatic heterocycles. The molecule has 1 aromatic heterocycles. The molecule has 0 spiro atoms. The molecule has 1 heteroatoms. The quantitative estimate of drug-likeness (QED) is 0.258. The van der Waals surface area contributed by atoms with Crippen molar-refractivity contribution in [3.63, 3.8) is 0 Å². The number of benzene rings is 3. The van der Waals surface area contributed by atoms with Crippen LogP contribution in [0.5, 0.6) is 0 Å². The third kappa shape index (κ3) is 10.0. The van der Waals surface area contributed by atoms with Crippen LogP contribution in [0, 0.1) is 13.8 Å². The Kier molecular flexibility index (Phi) is 13.0. The fraction of sp³-hybridized carbons (Fsp3) is 0.286. The first-order valence-electron chi connectivity index (χ1n) is 13.3. The lowest BCUT2D eigenvalue weighted by atomic mass is 9.93. The van der Waals surface area contributed by atoms with Gasteiger partial charge in [-0.25, -0.2) is 0 Å². The Morgan fingerprint density at radius 1 is 0.722 bits per heavy atom. The molecule has 0 aliphatic carbocycles. The molecule has 0 amide bonds. The molecule has 0 fully saturated rings. The molecule has 188 valence electrons. The minimum atomic E-state index is 0.995. The summed E-state index contributed by atoms with van der Waals surface area (Å²) in [5.74, 6) is 0. The molecule has 0 saturated carbocycles. The molecule has 0 aliphatic rings. The van der Waals surface area contributed by atoms with Crippen molar-refractivity contribution in [1.29, 1.82) is 0 Å². The number of nitrogens with zero attached hydrogens (tertiary/aromatic N) is 1. The standard InChI is InChI=1S/C24H24.C8H11N.C3H8/c1-18-8-7-11-22(16-18)23-14-15-24(20(3)17-23)19(2)12-13-21-9-5-4-6-10-21;1-2-5-8-6-3-4-7-9-8;1-3-2/h4-11,14-17H,2,12-13H2,1,3H3;3-4,6-7H,2,5H2,1H3;3H2,1-2H3. The summed E-state index contributed by atoms with van der Waals surface area (Å²) in [6, 6.07) is 32.0. The molecule has 0 bridgehead atoms. The molecule has 4 rings (SSSR count). The lowest BCUT2D eigenvalue weighted by molar-refractivity contribution is 0.883. The molecular weight excluding hydrogens is 434 g/mol. The fourth-order valence-electron chi connectivity index (χ4n) is 3.94. The summed E-state index contributed by atoms with van der Waals surface area (Å²) >= 11 is 0. The summed E-state index contributed by atoms with van der Waals surface area (Å²) in [5.41, 5.74) is 10.2. The van der Waals surface area contributed by atoms with Crippen LogP contribution in [0.4, 0.5) is 0 Å². The molecule has 0 N–H and O–H groups in total. The van der Waals surface area contributed by atoms with Crippen LogP contribution in [0.1, 0.15) is 68.0 Å². The largest absolute Gasteiger partial charge is 0.261 e. The van der Waals surface area contributed by atoms with Gasteiger partial charge in [0.1, 0.15) is 0 Å². The van der Waals surface area contributed by atoms with Crippen molar-refractivity contribution in [2.75, 3.05) is 0 Å². The SMILES string of the molecule is C=C(CCc1ccccc1)c1ccc(-c2cccc(C)c2)cc1C.CCC.CCCc1ccccn1. The average Bonchev–Trinajstić information content (AvgIpc) is 2.89. The van der Waals surface area contributed by atoms with Crippen LogP contribution in [0.25, 0.3) is 16.7 Å². The first-order valence-corrected chi connectivity index (χ1v) is 13.3. The fourth-order valence-corrected chi connectivity index (χ4v) is 3.94. The highest BCUT2D eigenvalue weighted by atomic mass is 14.7. The van der Waals surface area contributed by atoms with E-state index in [0.717, 1.165) is 19.3 Å². The normalized spacial score (nSPS) is 9.92. The van der Waals surface area contributed by atoms with Crippen molar-refractivity contribution in [3.05, 3.63) is 132 Å². The first kappa shape index (κ1) is 28.8. The third-order valence-corrected chi connectivity index (χ3v) is 5.75. The Labute approximate surface area is 220 Å². The van der Waals surface area contributed by atoms with Crippen LogP contribution in [0.2, 0.25) is 0 Å². The smallest absolute Gasteiger partial charge is 0.0403 e. The average molecular weight is 478 g/mol. The van der Waals surface area contributed by atoms with Gasteiger partial charge in [-0.2, -0.15) is 0 Å². The van der Waals surface area contributed by atoms with Crippen molar-refractivity contribution in [3.8, 4) is 11.1 Å². The number of hydrogen-bond donors (Lipinski definition) is 0. The second kappa shape index (κ2) is 16.3. The Morgan fingerprint density at radius 3 is 2.03 bits per heavy atom. The van der Waals surface area contributed by atoms with Gasteiger partial charge in [0.05, 0.1) is 0 Å². The Hall–Kier alpha value is -3.45. The van der Waals surface area contributed by atoms with Crippen LogP contribution in [-0.2, 0) is 12.8 Å². The zero-order chi connectivity index (χ0) is 26.2. The van der Waals surface area contributed by atoms with Crippen molar-refractivity contribution in [2.24, 2.45) is 0 Å². The van der Waals surface area contributed by atoms with E-state index in [2.05, 4.69) is 125 Å². The van der Waals surface area contributed by atoms with E-state index in [0.29, 0.717) is 0 Å². The molecule has 3 aromatic carbocycles. The van der Waals surface area contributed by atoms with Gasteiger partial charge in [-0.15, -0.1) is 0 Å². The number of hydrogen-bond acceptors (Lipinski definition) is 1. The van der Waals surface area contributed by atoms with E-state index in [1.54, 1.807) is 0 Å². The number of rotatable bonds is 7. The van der Waals surface area contributed by atoms with Gasteiger partial charge < -0.3 is 0 Å². The van der Waals surface area contributed by atoms with Crippen molar-refractivity contribution >= 4 is 5.57 Å². The topological polar surface area (TPSA) is 12.9 Å². The molecular formula is C35H43N. The van der Waals surface area contributed by atoms with Gasteiger partial charge in [-0.1, -0.05) is 125 Å². The maximum atomic E-state index is 4.32. The zero-order valence-corrected chi connectivity index (χ0v) is 22.9. The molecule has 1 nitrogen and oxygen atoms in total. The number of aromatic nitrogens is 1. The summed E-state index contributed by atoms with van der Waals surface area (Å²) in [6.07, 6.45) is 7.40. The number of allylic oxidation sites excluding steroid dienone is 1. The van der Waals surface area contributed by atoms with Crippen molar-refractivity contribution in [1.82, 2.24) is 4.98 Å². The maximum Gasteiger partial charge on any atom is 0.0403 e. The minimum absolute atomic E-state index is 0.995. The van der Waals surface area contributed by atoms with E-state index >= 15 is 0 Å². The van der Waals surface area contributed by atoms with Crippen LogP contribution in [-0.4, -0.2) is 4.98 Å². The second-order valence-electron chi connectivity index (χ2n) is 9.27. The number of aryl methyl sites for hydroxylation is 4. The lowest BCUT2D eigenvalue weighted by Crippen LogP contribution is -1.92. The molecule has 0 atom stereocenters. The van der Waals surface area contributed by atoms with Crippen LogP contribution in [0.15, 0.2) is 104 Å². The van der Waals surface area contributed by atoms with Crippen LogP contribution >= 0.6 is 0 Å². The van der Waals surface area contributed by atoms with Crippen molar-refractivity contribution in [2.45, 2.75) is 66.7 Å². The third-order valence-electron chi connectivity index (χ3n) is 5.75. The van der Waals surface area contributed by atoms with Gasteiger partial charge in [0, 0.05) is 11.9 Å². The maximum absolute atomic E-state index is 4.32. The first-order chi connectivity index (χ1) is 17.5. The molecule has 36 heavy (non-hydrogen) atoms. The molecule has 4 aromatic rings. The summed E-state index contributed by atoms with van der Waals surface area (Å²) in [6.45, 7) is 15.0. The Bertz CT molecular complexity index is 1160. The van der Waals surface area contributed by atoms with E-state index in [1.807, 2.05) is 18.3 Å². The highest BCUT2D eigenvalue weighted by molar-refractivity contribution is 5.72. The van der Waals surface area contributed by atoms with E-state index in [4.69, 9.17) is 0 Å². The predicted molar refractivity (Wildman–Crippen MR) is 159 cm³/mol. The highest BCUT2D eigenvalue weighted by Crippen LogP contribution is 2.28. The summed E-state index contributed by atoms with van der Waals surface area (Å²) in [5, 5.41) is 0. The molecule has 0 radical (unpaired) electrons. The Morgan fingerprint density at radius 2 is 1.42 bits per heavy atom. The van der Waals surface area contributed by atoms with Crippen LogP contribution < -0.4 is 0 Å². The van der Waals surface area contributed by atoms with Gasteiger partial charge in [-0.05, 0) is 78.6 Å². The minimum Gasteiger partial charge on any atom is -0.261 e. The zero-order valence-electron chi connectivity index (χ0n) is 22.9. The number of pyridine rings is 1. The highest BCUT2D eigenvalue weighted by Gasteiger charge is 2.06. The van der Waals surface area contributed by atoms with E-state index in [-0.39, 0.29) is 0 Å². The lowest BCUT2D eigenvalue weighted by Gasteiger charge is -2.12. The van der Waals surface area contributed by atoms with Gasteiger partial charge in [-0.3, -0.25) is 4.98 Å². The van der Waals surface area contributed by atoms with Gasteiger partial charge in [0.25, 0.3) is 0 Å². The monoisotopic (exact) mass is 477 g/mol. The summed E-state index contributed by atoms with van der Waals surface area (Å²) in [4.78, 5) is 4.17. The van der Waals surface area contributed by atoms with E-state index in [1.165, 1.54) is 57.5 Å². The predicted octanol–water partition coefficient (Wildman–Crippen LogP) is 10.1.